The van der Waals surface area contributed by atoms with Crippen molar-refractivity contribution in [1.29, 1.82) is 0 Å². The summed E-state index contributed by atoms with van der Waals surface area (Å²) in [6.45, 7) is 4.17. The van der Waals surface area contributed by atoms with E-state index in [4.69, 9.17) is 18.0 Å². The lowest BCUT2D eigenvalue weighted by Crippen LogP contribution is -2.17. The van der Waals surface area contributed by atoms with Crippen LogP contribution in [0.3, 0.4) is 0 Å². The van der Waals surface area contributed by atoms with Crippen LogP contribution >= 0.6 is 22.9 Å². The normalized spacial score (nSPS) is 11.6. The first-order valence-corrected chi connectivity index (χ1v) is 9.08. The number of nitro benzene ring substituents is 1. The van der Waals surface area contributed by atoms with Gasteiger partial charge in [0.1, 0.15) is 5.56 Å². The summed E-state index contributed by atoms with van der Waals surface area (Å²) >= 11 is 7.22. The van der Waals surface area contributed by atoms with E-state index in [0.717, 1.165) is 21.3 Å². The number of rotatable bonds is 3. The second kappa shape index (κ2) is 7.35. The van der Waals surface area contributed by atoms with Crippen molar-refractivity contribution in [2.45, 2.75) is 20.4 Å². The molecule has 27 heavy (non-hydrogen) atoms. The zero-order chi connectivity index (χ0) is 19.7. The van der Waals surface area contributed by atoms with Crippen LogP contribution in [0.2, 0.25) is 5.02 Å². The van der Waals surface area contributed by atoms with Gasteiger partial charge in [-0.05, 0) is 43.2 Å². The van der Waals surface area contributed by atoms with Gasteiger partial charge in [-0.3, -0.25) is 14.9 Å². The predicted octanol–water partition coefficient (Wildman–Crippen LogP) is 4.26. The van der Waals surface area contributed by atoms with Crippen molar-refractivity contribution in [3.63, 3.8) is 0 Å². The molecular weight excluding hydrogens is 386 g/mol. The zero-order valence-electron chi connectivity index (χ0n) is 14.5. The average Bonchev–Trinajstić information content (AvgIpc) is 2.92. The SMILES string of the molecule is C#CCn1c(=NC(=O)c2cc(Cl)ccc2[N+](=O)[O-])sc2cc(C)cc(C)c21. The fraction of sp³-hybridized carbons (Fsp3) is 0.158. The van der Waals surface area contributed by atoms with E-state index in [-0.39, 0.29) is 22.8 Å². The van der Waals surface area contributed by atoms with E-state index < -0.39 is 10.8 Å². The molecule has 2 aromatic carbocycles. The molecule has 1 heterocycles. The minimum atomic E-state index is -0.740. The van der Waals surface area contributed by atoms with Gasteiger partial charge in [-0.25, -0.2) is 0 Å². The number of nitro groups is 1. The molecule has 0 aliphatic rings. The van der Waals surface area contributed by atoms with Gasteiger partial charge in [-0.2, -0.15) is 4.99 Å². The number of aromatic nitrogens is 1. The summed E-state index contributed by atoms with van der Waals surface area (Å²) in [5.74, 6) is 1.83. The second-order valence-corrected chi connectivity index (χ2v) is 7.38. The number of hydrogen-bond acceptors (Lipinski definition) is 4. The summed E-state index contributed by atoms with van der Waals surface area (Å²) < 4.78 is 2.71. The Bertz CT molecular complexity index is 1200. The van der Waals surface area contributed by atoms with E-state index in [1.165, 1.54) is 29.5 Å². The third-order valence-electron chi connectivity index (χ3n) is 3.94. The number of carbonyl (C=O) groups excluding carboxylic acids is 1. The average molecular weight is 400 g/mol. The minimum Gasteiger partial charge on any atom is -0.304 e. The lowest BCUT2D eigenvalue weighted by Gasteiger charge is -2.04. The Morgan fingerprint density at radius 1 is 1.37 bits per heavy atom. The molecular formula is C19H14ClN3O3S. The number of thiazole rings is 1. The van der Waals surface area contributed by atoms with Crippen molar-refractivity contribution in [3.05, 3.63) is 67.0 Å². The Balaban J connectivity index is 2.25. The molecule has 1 aromatic heterocycles. The van der Waals surface area contributed by atoms with Crippen LogP contribution in [0, 0.1) is 36.3 Å². The van der Waals surface area contributed by atoms with Gasteiger partial charge >= 0.3 is 0 Å². The van der Waals surface area contributed by atoms with E-state index in [2.05, 4.69) is 10.9 Å². The van der Waals surface area contributed by atoms with Crippen LogP contribution in [-0.4, -0.2) is 15.4 Å². The van der Waals surface area contributed by atoms with E-state index in [9.17, 15) is 14.9 Å². The Morgan fingerprint density at radius 3 is 2.78 bits per heavy atom. The number of halogens is 1. The van der Waals surface area contributed by atoms with Gasteiger partial charge < -0.3 is 4.57 Å². The summed E-state index contributed by atoms with van der Waals surface area (Å²) in [6, 6.07) is 7.82. The molecule has 0 bridgehead atoms. The smallest absolute Gasteiger partial charge is 0.286 e. The standard InChI is InChI=1S/C19H14ClN3O3S/c1-4-7-22-17-12(3)8-11(2)9-16(17)27-19(22)21-18(24)14-10-13(20)5-6-15(14)23(25)26/h1,5-6,8-10H,7H2,2-3H3. The first-order valence-electron chi connectivity index (χ1n) is 7.89. The topological polar surface area (TPSA) is 77.5 Å². The molecule has 0 saturated carbocycles. The lowest BCUT2D eigenvalue weighted by molar-refractivity contribution is -0.385. The van der Waals surface area contributed by atoms with E-state index in [1.807, 2.05) is 26.0 Å². The van der Waals surface area contributed by atoms with Crippen molar-refractivity contribution < 1.29 is 9.72 Å². The first kappa shape index (κ1) is 18.8. The zero-order valence-corrected chi connectivity index (χ0v) is 16.1. The molecule has 0 unspecified atom stereocenters. The van der Waals surface area contributed by atoms with E-state index in [0.29, 0.717) is 4.80 Å². The van der Waals surface area contributed by atoms with Gasteiger partial charge in [0, 0.05) is 11.1 Å². The Morgan fingerprint density at radius 2 is 2.11 bits per heavy atom. The Labute approximate surface area is 163 Å². The third kappa shape index (κ3) is 3.63. The molecule has 0 aliphatic heterocycles. The molecule has 0 fully saturated rings. The van der Waals surface area contributed by atoms with Crippen molar-refractivity contribution in [2.24, 2.45) is 4.99 Å². The molecule has 3 aromatic rings. The maximum atomic E-state index is 12.7. The number of fused-ring (bicyclic) bond motifs is 1. The highest BCUT2D eigenvalue weighted by molar-refractivity contribution is 7.16. The molecule has 0 saturated heterocycles. The molecule has 3 rings (SSSR count). The fourth-order valence-electron chi connectivity index (χ4n) is 2.90. The highest BCUT2D eigenvalue weighted by atomic mass is 35.5. The van der Waals surface area contributed by atoms with Gasteiger partial charge in [0.2, 0.25) is 0 Å². The summed E-state index contributed by atoms with van der Waals surface area (Å²) in [5, 5.41) is 11.4. The maximum Gasteiger partial charge on any atom is 0.286 e. The van der Waals surface area contributed by atoms with Gasteiger partial charge in [0.25, 0.3) is 11.6 Å². The van der Waals surface area contributed by atoms with Crippen molar-refractivity contribution in [3.8, 4) is 12.3 Å². The number of benzene rings is 2. The first-order chi connectivity index (χ1) is 12.8. The highest BCUT2D eigenvalue weighted by Gasteiger charge is 2.21. The molecule has 0 radical (unpaired) electrons. The molecule has 1 amide bonds. The number of carbonyl (C=O) groups is 1. The largest absolute Gasteiger partial charge is 0.304 e. The summed E-state index contributed by atoms with van der Waals surface area (Å²) in [5.41, 5.74) is 2.49. The molecule has 0 atom stereocenters. The number of aryl methyl sites for hydroxylation is 2. The molecule has 8 heteroatoms. The van der Waals surface area contributed by atoms with Crippen LogP contribution in [0.15, 0.2) is 35.3 Å². The summed E-state index contributed by atoms with van der Waals surface area (Å²) in [7, 11) is 0. The van der Waals surface area contributed by atoms with Gasteiger partial charge in [-0.1, -0.05) is 34.9 Å². The van der Waals surface area contributed by atoms with Crippen molar-refractivity contribution >= 4 is 44.7 Å². The van der Waals surface area contributed by atoms with Crippen molar-refractivity contribution in [1.82, 2.24) is 4.57 Å². The molecule has 136 valence electrons. The third-order valence-corrected chi connectivity index (χ3v) is 5.20. The van der Waals surface area contributed by atoms with E-state index >= 15 is 0 Å². The molecule has 0 aliphatic carbocycles. The van der Waals surface area contributed by atoms with Gasteiger partial charge in [0.05, 0.1) is 21.7 Å². The highest BCUT2D eigenvalue weighted by Crippen LogP contribution is 2.25. The van der Waals surface area contributed by atoms with Crippen molar-refractivity contribution in [2.75, 3.05) is 0 Å². The van der Waals surface area contributed by atoms with Gasteiger partial charge in [-0.15, -0.1) is 6.42 Å². The summed E-state index contributed by atoms with van der Waals surface area (Å²) in [6.07, 6.45) is 5.49. The Kier molecular flexibility index (Phi) is 5.13. The lowest BCUT2D eigenvalue weighted by atomic mass is 10.1. The van der Waals surface area contributed by atoms with Crippen LogP contribution in [0.5, 0.6) is 0 Å². The van der Waals surface area contributed by atoms with E-state index in [1.54, 1.807) is 4.57 Å². The monoisotopic (exact) mass is 399 g/mol. The Hall–Kier alpha value is -2.95. The number of terminal acetylenes is 1. The number of amides is 1. The maximum absolute atomic E-state index is 12.7. The minimum absolute atomic E-state index is 0.162. The predicted molar refractivity (Wildman–Crippen MR) is 106 cm³/mol. The fourth-order valence-corrected chi connectivity index (χ4v) is 4.28. The molecule has 0 N–H and O–H groups in total. The molecule has 0 spiro atoms. The number of hydrogen-bond donors (Lipinski definition) is 0. The van der Waals surface area contributed by atoms with Crippen LogP contribution in [0.25, 0.3) is 10.2 Å². The molecule has 6 nitrogen and oxygen atoms in total. The van der Waals surface area contributed by atoms with Crippen LogP contribution in [0.1, 0.15) is 21.5 Å². The van der Waals surface area contributed by atoms with Crippen LogP contribution < -0.4 is 4.80 Å². The quantitative estimate of drug-likeness (QED) is 0.375. The second-order valence-electron chi connectivity index (χ2n) is 5.94. The number of nitrogens with zero attached hydrogens (tertiary/aromatic N) is 3. The summed E-state index contributed by atoms with van der Waals surface area (Å²) in [4.78, 5) is 27.8. The van der Waals surface area contributed by atoms with Crippen LogP contribution in [-0.2, 0) is 6.54 Å². The van der Waals surface area contributed by atoms with Crippen LogP contribution in [0.4, 0.5) is 5.69 Å². The van der Waals surface area contributed by atoms with Gasteiger partial charge in [0.15, 0.2) is 4.80 Å².